The number of rotatable bonds is 5. The van der Waals surface area contributed by atoms with Crippen molar-refractivity contribution in [1.82, 2.24) is 0 Å². The van der Waals surface area contributed by atoms with E-state index in [0.29, 0.717) is 18.1 Å². The Hall–Kier alpha value is -0.820. The van der Waals surface area contributed by atoms with Crippen molar-refractivity contribution in [1.29, 1.82) is 0 Å². The van der Waals surface area contributed by atoms with Gasteiger partial charge >= 0.3 is 0 Å². The number of carbonyl (C=O) groups is 1. The molecule has 1 aliphatic carbocycles. The van der Waals surface area contributed by atoms with E-state index in [4.69, 9.17) is 11.6 Å². The Bertz CT molecular complexity index is 484. The maximum atomic E-state index is 12.9. The highest BCUT2D eigenvalue weighted by Crippen LogP contribution is 2.44. The fourth-order valence-corrected chi connectivity index (χ4v) is 3.89. The summed E-state index contributed by atoms with van der Waals surface area (Å²) in [6.07, 6.45) is 6.03. The number of ketones is 1. The van der Waals surface area contributed by atoms with Crippen molar-refractivity contribution in [3.63, 3.8) is 0 Å². The van der Waals surface area contributed by atoms with Crippen LogP contribution in [-0.2, 0) is 11.2 Å². The van der Waals surface area contributed by atoms with Crippen LogP contribution in [-0.4, -0.2) is 5.78 Å². The number of Topliss-reactive ketones (excluding diaryl/α,β-unsaturated/α-hetero) is 1. The van der Waals surface area contributed by atoms with Crippen LogP contribution in [0, 0.1) is 18.3 Å². The normalized spacial score (nSPS) is 17.6. The van der Waals surface area contributed by atoms with Crippen LogP contribution in [0.25, 0.3) is 0 Å². The fourth-order valence-electron chi connectivity index (χ4n) is 3.59. The molecule has 0 unspecified atom stereocenters. The molecule has 0 bridgehead atoms. The number of hydrogen-bond acceptors (Lipinski definition) is 1. The molecule has 110 valence electrons. The van der Waals surface area contributed by atoms with E-state index in [1.807, 2.05) is 25.1 Å². The highest BCUT2D eigenvalue weighted by atomic mass is 35.5. The van der Waals surface area contributed by atoms with Crippen LogP contribution >= 0.6 is 11.6 Å². The Morgan fingerprint density at radius 2 is 1.95 bits per heavy atom. The van der Waals surface area contributed by atoms with Gasteiger partial charge in [-0.05, 0) is 49.3 Å². The molecule has 0 radical (unpaired) electrons. The Labute approximate surface area is 127 Å². The second-order valence-corrected chi connectivity index (χ2v) is 7.19. The predicted octanol–water partition coefficient (Wildman–Crippen LogP) is 5.37. The fraction of sp³-hybridized carbons (Fsp3) is 0.611. The summed E-state index contributed by atoms with van der Waals surface area (Å²) in [5.41, 5.74) is 2.05. The number of halogens is 1. The minimum absolute atomic E-state index is 0.0810. The lowest BCUT2D eigenvalue weighted by atomic mass is 9.73. The maximum absolute atomic E-state index is 12.9. The third kappa shape index (κ3) is 3.44. The van der Waals surface area contributed by atoms with Crippen LogP contribution in [0.1, 0.15) is 57.1 Å². The predicted molar refractivity (Wildman–Crippen MR) is 85.3 cm³/mol. The zero-order valence-electron chi connectivity index (χ0n) is 12.8. The number of benzene rings is 1. The minimum Gasteiger partial charge on any atom is -0.299 e. The van der Waals surface area contributed by atoms with Crippen LogP contribution < -0.4 is 0 Å². The van der Waals surface area contributed by atoms with E-state index in [1.165, 1.54) is 12.8 Å². The molecule has 1 fully saturated rings. The van der Waals surface area contributed by atoms with Gasteiger partial charge in [0, 0.05) is 16.9 Å². The van der Waals surface area contributed by atoms with Crippen molar-refractivity contribution in [2.24, 2.45) is 11.3 Å². The Morgan fingerprint density at radius 1 is 1.30 bits per heavy atom. The largest absolute Gasteiger partial charge is 0.299 e. The number of aryl methyl sites for hydroxylation is 1. The monoisotopic (exact) mass is 292 g/mol. The molecule has 0 atom stereocenters. The molecule has 20 heavy (non-hydrogen) atoms. The zero-order chi connectivity index (χ0) is 14.8. The molecule has 0 aromatic heterocycles. The van der Waals surface area contributed by atoms with Crippen LogP contribution in [0.15, 0.2) is 18.2 Å². The molecule has 0 heterocycles. The van der Waals surface area contributed by atoms with Gasteiger partial charge < -0.3 is 0 Å². The van der Waals surface area contributed by atoms with Crippen molar-refractivity contribution in [2.75, 3.05) is 0 Å². The van der Waals surface area contributed by atoms with Gasteiger partial charge in [-0.25, -0.2) is 0 Å². The van der Waals surface area contributed by atoms with E-state index in [2.05, 4.69) is 13.8 Å². The zero-order valence-corrected chi connectivity index (χ0v) is 13.6. The van der Waals surface area contributed by atoms with Crippen LogP contribution in [0.3, 0.4) is 0 Å². The second-order valence-electron chi connectivity index (χ2n) is 6.78. The molecule has 0 aliphatic heterocycles. The third-order valence-corrected chi connectivity index (χ3v) is 4.86. The maximum Gasteiger partial charge on any atom is 0.143 e. The minimum atomic E-state index is -0.0810. The molecule has 1 aromatic carbocycles. The molecule has 1 saturated carbocycles. The highest BCUT2D eigenvalue weighted by Gasteiger charge is 2.40. The summed E-state index contributed by atoms with van der Waals surface area (Å²) in [7, 11) is 0. The van der Waals surface area contributed by atoms with Crippen molar-refractivity contribution in [2.45, 2.75) is 59.3 Å². The summed E-state index contributed by atoms with van der Waals surface area (Å²) in [4.78, 5) is 12.9. The first-order chi connectivity index (χ1) is 9.43. The second kappa shape index (κ2) is 6.30. The summed E-state index contributed by atoms with van der Waals surface area (Å²) < 4.78 is 0. The van der Waals surface area contributed by atoms with Gasteiger partial charge in [-0.15, -0.1) is 0 Å². The average Bonchev–Trinajstić information content (AvgIpc) is 2.81. The molecule has 1 aliphatic rings. The van der Waals surface area contributed by atoms with Crippen LogP contribution in [0.4, 0.5) is 0 Å². The molecule has 1 nitrogen and oxygen atoms in total. The van der Waals surface area contributed by atoms with Crippen molar-refractivity contribution >= 4 is 17.4 Å². The van der Waals surface area contributed by atoms with Gasteiger partial charge in [-0.1, -0.05) is 50.4 Å². The SMILES string of the molecule is Cc1ccc(CC(=O)C2(CC(C)C)CCCC2)c(Cl)c1. The first-order valence-electron chi connectivity index (χ1n) is 7.71. The third-order valence-electron chi connectivity index (χ3n) is 4.51. The summed E-state index contributed by atoms with van der Waals surface area (Å²) >= 11 is 6.28. The van der Waals surface area contributed by atoms with Gasteiger partial charge in [0.15, 0.2) is 0 Å². The lowest BCUT2D eigenvalue weighted by Crippen LogP contribution is -2.31. The molecule has 0 amide bonds. The van der Waals surface area contributed by atoms with Gasteiger partial charge in [0.2, 0.25) is 0 Å². The van der Waals surface area contributed by atoms with Crippen molar-refractivity contribution in [3.05, 3.63) is 34.3 Å². The van der Waals surface area contributed by atoms with Crippen LogP contribution in [0.5, 0.6) is 0 Å². The van der Waals surface area contributed by atoms with E-state index in [-0.39, 0.29) is 5.41 Å². The van der Waals surface area contributed by atoms with Gasteiger partial charge in [0.05, 0.1) is 0 Å². The topological polar surface area (TPSA) is 17.1 Å². The van der Waals surface area contributed by atoms with E-state index in [9.17, 15) is 4.79 Å². The van der Waals surface area contributed by atoms with Gasteiger partial charge in [-0.2, -0.15) is 0 Å². The Kier molecular flexibility index (Phi) is 4.90. The van der Waals surface area contributed by atoms with E-state index >= 15 is 0 Å². The summed E-state index contributed by atoms with van der Waals surface area (Å²) in [5, 5.41) is 0.732. The molecule has 0 spiro atoms. The molecule has 0 N–H and O–H groups in total. The first-order valence-corrected chi connectivity index (χ1v) is 8.09. The van der Waals surface area contributed by atoms with Gasteiger partial charge in [-0.3, -0.25) is 4.79 Å². The first kappa shape index (κ1) is 15.6. The Balaban J connectivity index is 2.16. The van der Waals surface area contributed by atoms with Gasteiger partial charge in [0.25, 0.3) is 0 Å². The molecule has 0 saturated heterocycles. The summed E-state index contributed by atoms with van der Waals surface area (Å²) in [6.45, 7) is 6.45. The number of hydrogen-bond donors (Lipinski definition) is 0. The van der Waals surface area contributed by atoms with E-state index in [0.717, 1.165) is 35.4 Å². The quantitative estimate of drug-likeness (QED) is 0.713. The van der Waals surface area contributed by atoms with Gasteiger partial charge in [0.1, 0.15) is 5.78 Å². The molecular weight excluding hydrogens is 268 g/mol. The van der Waals surface area contributed by atoms with Crippen molar-refractivity contribution in [3.8, 4) is 0 Å². The van der Waals surface area contributed by atoms with Crippen molar-refractivity contribution < 1.29 is 4.79 Å². The standard InChI is InChI=1S/C18H25ClO/c1-13(2)12-18(8-4-5-9-18)17(20)11-15-7-6-14(3)10-16(15)19/h6-7,10,13H,4-5,8-9,11-12H2,1-3H3. The lowest BCUT2D eigenvalue weighted by Gasteiger charge is -2.29. The van der Waals surface area contributed by atoms with E-state index in [1.54, 1.807) is 0 Å². The summed E-state index contributed by atoms with van der Waals surface area (Å²) in [6, 6.07) is 6.00. The molecule has 1 aromatic rings. The number of carbonyl (C=O) groups excluding carboxylic acids is 1. The Morgan fingerprint density at radius 3 is 2.50 bits per heavy atom. The van der Waals surface area contributed by atoms with Crippen LogP contribution in [0.2, 0.25) is 5.02 Å². The molecular formula is C18H25ClO. The lowest BCUT2D eigenvalue weighted by molar-refractivity contribution is -0.128. The highest BCUT2D eigenvalue weighted by molar-refractivity contribution is 6.31. The molecule has 2 rings (SSSR count). The average molecular weight is 293 g/mol. The smallest absolute Gasteiger partial charge is 0.143 e. The van der Waals surface area contributed by atoms with E-state index < -0.39 is 0 Å². The molecule has 2 heteroatoms. The summed E-state index contributed by atoms with van der Waals surface area (Å²) in [5.74, 6) is 0.972.